The molecule has 0 aromatic rings. The zero-order valence-electron chi connectivity index (χ0n) is 7.17. The molecule has 0 aliphatic rings. The van der Waals surface area contributed by atoms with Gasteiger partial charge < -0.3 is 21.9 Å². The second-order valence-corrected chi connectivity index (χ2v) is 1.57. The number of carboxylic acid groups (broad SMARTS) is 2. The van der Waals surface area contributed by atoms with E-state index in [2.05, 4.69) is 0 Å². The Labute approximate surface area is 126 Å². The minimum atomic E-state index is -2.27. The first-order valence-corrected chi connectivity index (χ1v) is 2.28. The molecule has 8 heteroatoms. The smallest absolute Gasteiger partial charge is 1.00 e. The molecule has 0 radical (unpaired) electrons. The van der Waals surface area contributed by atoms with Crippen LogP contribution < -0.4 is 51.4 Å². The van der Waals surface area contributed by atoms with E-state index < -0.39 is 24.1 Å². The second kappa shape index (κ2) is 8.77. The summed E-state index contributed by atoms with van der Waals surface area (Å²) in [6, 6.07) is 0. The fourth-order valence-electron chi connectivity index (χ4n) is 0.270. The number of aliphatic hydroxyl groups is 2. The minimum absolute atomic E-state index is 0. The van der Waals surface area contributed by atoms with Gasteiger partial charge in [0.15, 0.2) is 12.2 Å². The Morgan fingerprint density at radius 2 is 1.17 bits per heavy atom. The van der Waals surface area contributed by atoms with Crippen LogP contribution in [0.15, 0.2) is 0 Å². The van der Waals surface area contributed by atoms with E-state index >= 15 is 0 Å². The predicted octanol–water partition coefficient (Wildman–Crippen LogP) is -5.01. The maximum atomic E-state index is 9.77. The summed E-state index contributed by atoms with van der Waals surface area (Å²) < 4.78 is 0. The van der Waals surface area contributed by atoms with Gasteiger partial charge in [-0.05, 0) is 0 Å². The van der Waals surface area contributed by atoms with E-state index in [1.165, 1.54) is 0 Å². The van der Waals surface area contributed by atoms with Crippen LogP contribution in [0.1, 0.15) is 1.43 Å². The summed E-state index contributed by atoms with van der Waals surface area (Å²) in [7, 11) is 0. The number of hydrogen-bond donors (Lipinski definition) is 4. The van der Waals surface area contributed by atoms with Crippen molar-refractivity contribution in [2.24, 2.45) is 0 Å². The van der Waals surface area contributed by atoms with Gasteiger partial charge in [0, 0.05) is 21.1 Å². The number of carboxylic acids is 2. The summed E-state index contributed by atoms with van der Waals surface area (Å²) in [5, 5.41) is 32.5. The molecule has 0 aliphatic heterocycles. The molecule has 2 atom stereocenters. The van der Waals surface area contributed by atoms with Gasteiger partial charge in [-0.2, -0.15) is 0 Å². The Morgan fingerprint density at radius 3 is 1.25 bits per heavy atom. The standard InChI is InChI=1S/C4H6O6.K.Mo.H/c5-1(3(7)8)2(6)4(9)10;;;/h1-2,5-6H,(H,7,8)(H,9,10);;;/q;+1;;-1. The van der Waals surface area contributed by atoms with E-state index in [0.29, 0.717) is 0 Å². The Balaban J connectivity index is -0.000000135. The zero-order valence-corrected chi connectivity index (χ0v) is 11.3. The first-order chi connectivity index (χ1) is 4.46. The molecule has 0 aromatic carbocycles. The van der Waals surface area contributed by atoms with E-state index in [4.69, 9.17) is 20.4 Å². The SMILES string of the molecule is O=C(O)C(O)C(O)C(=O)O.[H-].[K+].[Mo]. The molecule has 2 unspecified atom stereocenters. The molecule has 0 amide bonds. The second-order valence-electron chi connectivity index (χ2n) is 1.57. The molecule has 0 rings (SSSR count). The maximum Gasteiger partial charge on any atom is 1.00 e. The van der Waals surface area contributed by atoms with Crippen LogP contribution in [0.25, 0.3) is 0 Å². The van der Waals surface area contributed by atoms with Crippen molar-refractivity contribution in [2.75, 3.05) is 0 Å². The molecule has 0 spiro atoms. The van der Waals surface area contributed by atoms with E-state index in [1.54, 1.807) is 0 Å². The van der Waals surface area contributed by atoms with Crippen molar-refractivity contribution in [1.29, 1.82) is 0 Å². The topological polar surface area (TPSA) is 115 Å². The number of hydrogen-bond acceptors (Lipinski definition) is 4. The van der Waals surface area contributed by atoms with Crippen molar-refractivity contribution in [3.05, 3.63) is 0 Å². The first kappa shape index (κ1) is 18.9. The summed E-state index contributed by atoms with van der Waals surface area (Å²) in [6.45, 7) is 0. The monoisotopic (exact) mass is 288 g/mol. The largest absolute Gasteiger partial charge is 1.00 e. The van der Waals surface area contributed by atoms with Crippen molar-refractivity contribution >= 4 is 11.9 Å². The van der Waals surface area contributed by atoms with Crippen molar-refractivity contribution in [3.8, 4) is 0 Å². The summed E-state index contributed by atoms with van der Waals surface area (Å²) in [4.78, 5) is 19.5. The van der Waals surface area contributed by atoms with Crippen molar-refractivity contribution in [1.82, 2.24) is 0 Å². The Bertz CT molecular complexity index is 149. The molecule has 0 aromatic heterocycles. The van der Waals surface area contributed by atoms with Gasteiger partial charge in [0.25, 0.3) is 0 Å². The molecule has 0 saturated heterocycles. The van der Waals surface area contributed by atoms with Gasteiger partial charge in [0.2, 0.25) is 0 Å². The molecule has 0 saturated carbocycles. The Kier molecular flexibility index (Phi) is 13.8. The summed E-state index contributed by atoms with van der Waals surface area (Å²) in [5.74, 6) is -3.54. The van der Waals surface area contributed by atoms with Gasteiger partial charge in [0.1, 0.15) is 0 Å². The van der Waals surface area contributed by atoms with Crippen LogP contribution in [0, 0.1) is 0 Å². The molecule has 4 N–H and O–H groups in total. The molecule has 12 heavy (non-hydrogen) atoms. The molecule has 0 bridgehead atoms. The summed E-state index contributed by atoms with van der Waals surface area (Å²) in [5.41, 5.74) is 0. The van der Waals surface area contributed by atoms with Crippen LogP contribution in [0.5, 0.6) is 0 Å². The van der Waals surface area contributed by atoms with Crippen molar-refractivity contribution in [3.63, 3.8) is 0 Å². The van der Waals surface area contributed by atoms with Gasteiger partial charge in [-0.25, -0.2) is 9.59 Å². The normalized spacial score (nSPS) is 13.2. The average molecular weight is 286 g/mol. The molecule has 0 aliphatic carbocycles. The fraction of sp³-hybridized carbons (Fsp3) is 0.500. The van der Waals surface area contributed by atoms with Crippen LogP contribution in [0.3, 0.4) is 0 Å². The molecule has 0 heterocycles. The fourth-order valence-corrected chi connectivity index (χ4v) is 0.270. The van der Waals surface area contributed by atoms with Gasteiger partial charge >= 0.3 is 63.3 Å². The van der Waals surface area contributed by atoms with Crippen molar-refractivity contribution < 1.29 is 104 Å². The van der Waals surface area contributed by atoms with Gasteiger partial charge in [-0.1, -0.05) is 0 Å². The van der Waals surface area contributed by atoms with Crippen LogP contribution in [0.2, 0.25) is 0 Å². The van der Waals surface area contributed by atoms with Gasteiger partial charge in [-0.15, -0.1) is 0 Å². The minimum Gasteiger partial charge on any atom is -1.00 e. The van der Waals surface area contributed by atoms with E-state index in [-0.39, 0.29) is 73.9 Å². The van der Waals surface area contributed by atoms with Gasteiger partial charge in [0.05, 0.1) is 0 Å². The Morgan fingerprint density at radius 1 is 1.00 bits per heavy atom. The third kappa shape index (κ3) is 6.67. The van der Waals surface area contributed by atoms with Crippen LogP contribution in [-0.4, -0.2) is 44.6 Å². The van der Waals surface area contributed by atoms with Crippen LogP contribution in [-0.2, 0) is 30.7 Å². The average Bonchev–Trinajstić information content (AvgIpc) is 1.84. The Hall–Kier alpha value is 1.18. The number of aliphatic hydroxyl groups excluding tert-OH is 2. The molecule has 0 fully saturated rings. The number of aliphatic carboxylic acids is 2. The van der Waals surface area contributed by atoms with Crippen LogP contribution >= 0.6 is 0 Å². The maximum absolute atomic E-state index is 9.77. The molecular formula is C4H7KMoO6. The summed E-state index contributed by atoms with van der Waals surface area (Å²) >= 11 is 0. The third-order valence-corrected chi connectivity index (χ3v) is 0.805. The number of rotatable bonds is 3. The molecule has 66 valence electrons. The number of carbonyl (C=O) groups is 2. The predicted molar refractivity (Wildman–Crippen MR) is 28.4 cm³/mol. The van der Waals surface area contributed by atoms with E-state index in [1.807, 2.05) is 0 Å². The van der Waals surface area contributed by atoms with E-state index in [9.17, 15) is 9.59 Å². The quantitative estimate of drug-likeness (QED) is 0.386. The van der Waals surface area contributed by atoms with Gasteiger partial charge in [-0.3, -0.25) is 0 Å². The summed E-state index contributed by atoms with van der Waals surface area (Å²) in [6.07, 6.45) is -4.53. The van der Waals surface area contributed by atoms with Crippen LogP contribution in [0.4, 0.5) is 0 Å². The zero-order chi connectivity index (χ0) is 8.31. The third-order valence-electron chi connectivity index (χ3n) is 0.805. The molecule has 6 nitrogen and oxygen atoms in total. The molecular weight excluding hydrogens is 279 g/mol. The van der Waals surface area contributed by atoms with Crippen molar-refractivity contribution in [2.45, 2.75) is 12.2 Å². The first-order valence-electron chi connectivity index (χ1n) is 2.28. The van der Waals surface area contributed by atoms with E-state index in [0.717, 1.165) is 0 Å².